The summed E-state index contributed by atoms with van der Waals surface area (Å²) in [6, 6.07) is 25.6. The first kappa shape index (κ1) is 21.1. The minimum atomic E-state index is -0.214. The smallest absolute Gasteiger partial charge is 0.305 e. The highest BCUT2D eigenvalue weighted by molar-refractivity contribution is 5.95. The van der Waals surface area contributed by atoms with E-state index in [2.05, 4.69) is 4.57 Å². The standard InChI is InChI=1S/C26H24N4O2/c1-32-24(31)16-9-18-7-10-21(11-8-18)26-29-23(17-30(26)22-5-3-2-4-6-22)19-12-14-20(15-13-19)25(27)28/h2-8,10-15,17H,9,16H2,1H3,(H3,27,28). The molecule has 6 nitrogen and oxygen atoms in total. The third kappa shape index (κ3) is 4.59. The average molecular weight is 425 g/mol. The molecule has 4 aromatic rings. The third-order valence-corrected chi connectivity index (χ3v) is 5.29. The molecule has 1 heterocycles. The summed E-state index contributed by atoms with van der Waals surface area (Å²) in [6.45, 7) is 0. The molecule has 1 aromatic heterocycles. The molecule has 6 heteroatoms. The van der Waals surface area contributed by atoms with Crippen LogP contribution in [-0.2, 0) is 16.0 Å². The van der Waals surface area contributed by atoms with Gasteiger partial charge in [0.2, 0.25) is 0 Å². The van der Waals surface area contributed by atoms with Crippen molar-refractivity contribution in [3.63, 3.8) is 0 Å². The Labute approximate surface area is 186 Å². The lowest BCUT2D eigenvalue weighted by Gasteiger charge is -2.08. The summed E-state index contributed by atoms with van der Waals surface area (Å²) in [5, 5.41) is 7.59. The number of aromatic nitrogens is 2. The summed E-state index contributed by atoms with van der Waals surface area (Å²) in [4.78, 5) is 16.3. The Morgan fingerprint density at radius 2 is 1.62 bits per heavy atom. The van der Waals surface area contributed by atoms with Crippen molar-refractivity contribution in [2.45, 2.75) is 12.8 Å². The maximum Gasteiger partial charge on any atom is 0.305 e. The SMILES string of the molecule is COC(=O)CCc1ccc(-c2nc(-c3ccc(C(=N)N)cc3)cn2-c2ccccc2)cc1. The number of benzene rings is 3. The van der Waals surface area contributed by atoms with Gasteiger partial charge in [-0.25, -0.2) is 4.98 Å². The molecule has 0 bridgehead atoms. The zero-order valence-corrected chi connectivity index (χ0v) is 17.8. The largest absolute Gasteiger partial charge is 0.469 e. The Morgan fingerprint density at radius 3 is 2.25 bits per heavy atom. The van der Waals surface area contributed by atoms with E-state index in [1.165, 1.54) is 7.11 Å². The van der Waals surface area contributed by atoms with E-state index >= 15 is 0 Å². The molecule has 0 aliphatic heterocycles. The van der Waals surface area contributed by atoms with Gasteiger partial charge in [-0.3, -0.25) is 14.8 Å². The Balaban J connectivity index is 1.70. The Kier molecular flexibility index (Phi) is 6.12. The molecule has 0 atom stereocenters. The van der Waals surface area contributed by atoms with Crippen LogP contribution in [0.2, 0.25) is 0 Å². The fourth-order valence-electron chi connectivity index (χ4n) is 3.50. The Hall–Kier alpha value is -4.19. The molecule has 3 aromatic carbocycles. The van der Waals surface area contributed by atoms with E-state index in [0.717, 1.165) is 33.9 Å². The molecule has 32 heavy (non-hydrogen) atoms. The highest BCUT2D eigenvalue weighted by atomic mass is 16.5. The lowest BCUT2D eigenvalue weighted by Crippen LogP contribution is -2.10. The van der Waals surface area contributed by atoms with E-state index < -0.39 is 0 Å². The normalized spacial score (nSPS) is 10.7. The Bertz CT molecular complexity index is 1230. The van der Waals surface area contributed by atoms with Crippen LogP contribution in [0.1, 0.15) is 17.5 Å². The van der Waals surface area contributed by atoms with Gasteiger partial charge in [-0.2, -0.15) is 0 Å². The van der Waals surface area contributed by atoms with Crippen LogP contribution >= 0.6 is 0 Å². The molecule has 160 valence electrons. The predicted molar refractivity (Wildman–Crippen MR) is 126 cm³/mol. The number of hydrogen-bond acceptors (Lipinski definition) is 4. The number of carbonyl (C=O) groups excluding carboxylic acids is 1. The second kappa shape index (κ2) is 9.31. The van der Waals surface area contributed by atoms with E-state index in [4.69, 9.17) is 20.9 Å². The van der Waals surface area contributed by atoms with Gasteiger partial charge in [0, 0.05) is 35.0 Å². The van der Waals surface area contributed by atoms with Crippen molar-refractivity contribution >= 4 is 11.8 Å². The second-order valence-corrected chi connectivity index (χ2v) is 7.42. The molecule has 3 N–H and O–H groups in total. The number of esters is 1. The molecule has 4 rings (SSSR count). The van der Waals surface area contributed by atoms with Gasteiger partial charge in [0.15, 0.2) is 0 Å². The van der Waals surface area contributed by atoms with Crippen LogP contribution < -0.4 is 5.73 Å². The van der Waals surface area contributed by atoms with Crippen molar-refractivity contribution in [2.75, 3.05) is 7.11 Å². The molecule has 0 fully saturated rings. The first-order valence-corrected chi connectivity index (χ1v) is 10.3. The summed E-state index contributed by atoms with van der Waals surface area (Å²) >= 11 is 0. The Morgan fingerprint density at radius 1 is 0.969 bits per heavy atom. The van der Waals surface area contributed by atoms with E-state index in [0.29, 0.717) is 18.4 Å². The minimum absolute atomic E-state index is 0.0411. The summed E-state index contributed by atoms with van der Waals surface area (Å²) in [5.41, 5.74) is 11.1. The number of ether oxygens (including phenoxy) is 1. The van der Waals surface area contributed by atoms with Crippen LogP contribution in [0.5, 0.6) is 0 Å². The molecule has 0 spiro atoms. The molecule has 0 saturated carbocycles. The number of rotatable bonds is 7. The predicted octanol–water partition coefficient (Wildman–Crippen LogP) is 4.60. The first-order chi connectivity index (χ1) is 15.5. The highest BCUT2D eigenvalue weighted by Crippen LogP contribution is 2.28. The van der Waals surface area contributed by atoms with Gasteiger partial charge in [-0.1, -0.05) is 66.7 Å². The van der Waals surface area contributed by atoms with Crippen LogP contribution in [0.15, 0.2) is 85.1 Å². The van der Waals surface area contributed by atoms with Gasteiger partial charge in [0.25, 0.3) is 0 Å². The van der Waals surface area contributed by atoms with Crippen molar-refractivity contribution in [1.29, 1.82) is 5.41 Å². The number of amidine groups is 1. The fraction of sp³-hybridized carbons (Fsp3) is 0.115. The maximum atomic E-state index is 11.4. The van der Waals surface area contributed by atoms with Crippen LogP contribution in [0.25, 0.3) is 28.3 Å². The number of methoxy groups -OCH3 is 1. The van der Waals surface area contributed by atoms with Gasteiger partial charge >= 0.3 is 5.97 Å². The maximum absolute atomic E-state index is 11.4. The number of nitrogens with zero attached hydrogens (tertiary/aromatic N) is 2. The number of imidazole rings is 1. The lowest BCUT2D eigenvalue weighted by molar-refractivity contribution is -0.140. The number of aryl methyl sites for hydroxylation is 1. The van der Waals surface area contributed by atoms with Gasteiger partial charge in [-0.05, 0) is 24.1 Å². The van der Waals surface area contributed by atoms with Crippen molar-refractivity contribution in [3.05, 3.63) is 96.2 Å². The van der Waals surface area contributed by atoms with Crippen molar-refractivity contribution < 1.29 is 9.53 Å². The molecular weight excluding hydrogens is 400 g/mol. The number of para-hydroxylation sites is 1. The number of nitrogens with one attached hydrogen (secondary N) is 1. The zero-order valence-electron chi connectivity index (χ0n) is 17.8. The van der Waals surface area contributed by atoms with Crippen molar-refractivity contribution in [2.24, 2.45) is 5.73 Å². The number of nitrogens with two attached hydrogens (primary N) is 1. The molecular formula is C26H24N4O2. The summed E-state index contributed by atoms with van der Waals surface area (Å²) in [6.07, 6.45) is 3.00. The van der Waals surface area contributed by atoms with E-state index in [9.17, 15) is 4.79 Å². The molecule has 0 aliphatic rings. The van der Waals surface area contributed by atoms with Crippen LogP contribution in [0, 0.1) is 5.41 Å². The van der Waals surface area contributed by atoms with Crippen LogP contribution in [0.3, 0.4) is 0 Å². The first-order valence-electron chi connectivity index (χ1n) is 10.3. The molecule has 0 amide bonds. The van der Waals surface area contributed by atoms with Crippen LogP contribution in [-0.4, -0.2) is 28.5 Å². The molecule has 0 aliphatic carbocycles. The van der Waals surface area contributed by atoms with Gasteiger partial charge in [0.1, 0.15) is 11.7 Å². The molecule has 0 unspecified atom stereocenters. The number of carbonyl (C=O) groups is 1. The minimum Gasteiger partial charge on any atom is -0.469 e. The topological polar surface area (TPSA) is 94.0 Å². The fourth-order valence-corrected chi connectivity index (χ4v) is 3.50. The van der Waals surface area contributed by atoms with E-state index in [1.54, 1.807) is 0 Å². The van der Waals surface area contributed by atoms with Gasteiger partial charge in [0.05, 0.1) is 12.8 Å². The lowest BCUT2D eigenvalue weighted by atomic mass is 10.1. The quantitative estimate of drug-likeness (QED) is 0.258. The number of nitrogen functional groups attached to an aromatic ring is 1. The van der Waals surface area contributed by atoms with Crippen LogP contribution in [0.4, 0.5) is 0 Å². The summed E-state index contributed by atoms with van der Waals surface area (Å²) in [5.74, 6) is 0.648. The molecule has 0 radical (unpaired) electrons. The van der Waals surface area contributed by atoms with Gasteiger partial charge in [-0.15, -0.1) is 0 Å². The van der Waals surface area contributed by atoms with Crippen molar-refractivity contribution in [1.82, 2.24) is 9.55 Å². The highest BCUT2D eigenvalue weighted by Gasteiger charge is 2.14. The van der Waals surface area contributed by atoms with E-state index in [1.807, 2.05) is 85.1 Å². The monoisotopic (exact) mass is 424 g/mol. The zero-order chi connectivity index (χ0) is 22.5. The number of hydrogen-bond donors (Lipinski definition) is 2. The third-order valence-electron chi connectivity index (χ3n) is 5.29. The van der Waals surface area contributed by atoms with Crippen molar-refractivity contribution in [3.8, 4) is 28.3 Å². The van der Waals surface area contributed by atoms with E-state index in [-0.39, 0.29) is 11.8 Å². The molecule has 0 saturated heterocycles. The average Bonchev–Trinajstić information content (AvgIpc) is 3.29. The van der Waals surface area contributed by atoms with Gasteiger partial charge < -0.3 is 10.5 Å². The summed E-state index contributed by atoms with van der Waals surface area (Å²) < 4.78 is 6.79. The summed E-state index contributed by atoms with van der Waals surface area (Å²) in [7, 11) is 1.40. The second-order valence-electron chi connectivity index (χ2n) is 7.42.